The van der Waals surface area contributed by atoms with Crippen LogP contribution in [-0.2, 0) is 5.60 Å². The van der Waals surface area contributed by atoms with E-state index in [4.69, 9.17) is 21.1 Å². The first-order chi connectivity index (χ1) is 12.9. The van der Waals surface area contributed by atoms with Crippen LogP contribution >= 0.6 is 11.6 Å². The van der Waals surface area contributed by atoms with Gasteiger partial charge >= 0.3 is 0 Å². The van der Waals surface area contributed by atoms with Crippen LogP contribution in [0.15, 0.2) is 36.4 Å². The molecule has 0 atom stereocenters. The van der Waals surface area contributed by atoms with E-state index >= 15 is 0 Å². The summed E-state index contributed by atoms with van der Waals surface area (Å²) in [5, 5.41) is 23.1. The van der Waals surface area contributed by atoms with Gasteiger partial charge in [0.25, 0.3) is 5.69 Å². The molecule has 2 aromatic carbocycles. The summed E-state index contributed by atoms with van der Waals surface area (Å²) in [7, 11) is 2.92. The highest BCUT2D eigenvalue weighted by molar-refractivity contribution is 6.31. The van der Waals surface area contributed by atoms with E-state index in [1.54, 1.807) is 12.1 Å². The Morgan fingerprint density at radius 3 is 2.30 bits per heavy atom. The summed E-state index contributed by atoms with van der Waals surface area (Å²) >= 11 is 6.25. The lowest BCUT2D eigenvalue weighted by Crippen LogP contribution is -2.43. The monoisotopic (exact) mass is 392 g/mol. The molecule has 0 amide bonds. The molecule has 0 unspecified atom stereocenters. The lowest BCUT2D eigenvalue weighted by molar-refractivity contribution is -0.384. The van der Waals surface area contributed by atoms with Crippen molar-refractivity contribution in [2.45, 2.75) is 18.4 Å². The van der Waals surface area contributed by atoms with Crippen molar-refractivity contribution in [1.82, 2.24) is 0 Å². The van der Waals surface area contributed by atoms with E-state index in [1.165, 1.54) is 20.3 Å². The third-order valence-corrected chi connectivity index (χ3v) is 5.31. The van der Waals surface area contributed by atoms with Gasteiger partial charge in [0, 0.05) is 29.7 Å². The molecule has 1 heterocycles. The molecule has 1 aliphatic rings. The molecule has 1 N–H and O–H groups in total. The number of piperidine rings is 1. The molecule has 27 heavy (non-hydrogen) atoms. The Morgan fingerprint density at radius 2 is 1.74 bits per heavy atom. The number of aliphatic hydroxyl groups is 1. The van der Waals surface area contributed by atoms with E-state index in [-0.39, 0.29) is 5.69 Å². The van der Waals surface area contributed by atoms with Crippen LogP contribution in [0.2, 0.25) is 5.02 Å². The predicted molar refractivity (Wildman–Crippen MR) is 103 cm³/mol. The molecule has 1 saturated heterocycles. The number of methoxy groups -OCH3 is 2. The fourth-order valence-electron chi connectivity index (χ4n) is 3.48. The summed E-state index contributed by atoms with van der Waals surface area (Å²) in [4.78, 5) is 13.0. The molecule has 1 aliphatic heterocycles. The van der Waals surface area contributed by atoms with Gasteiger partial charge < -0.3 is 19.5 Å². The normalized spacial score (nSPS) is 16.1. The van der Waals surface area contributed by atoms with Crippen molar-refractivity contribution in [2.75, 3.05) is 32.2 Å². The number of benzene rings is 2. The minimum atomic E-state index is -1.06. The van der Waals surface area contributed by atoms with Crippen LogP contribution in [0.4, 0.5) is 11.4 Å². The van der Waals surface area contributed by atoms with Crippen molar-refractivity contribution >= 4 is 23.0 Å². The molecular formula is C19H21ClN2O5. The Labute approximate surface area is 162 Å². The standard InChI is InChI=1S/C19H21ClN2O5/c1-26-17-11-15(16(22(24)25)12-18(17)27-2)21-9-7-19(23,8-10-21)13-5-3-4-6-14(13)20/h3-6,11-12,23H,7-10H2,1-2H3. The summed E-state index contributed by atoms with van der Waals surface area (Å²) in [6, 6.07) is 10.2. The lowest BCUT2D eigenvalue weighted by atomic mass is 9.84. The quantitative estimate of drug-likeness (QED) is 0.616. The van der Waals surface area contributed by atoms with Gasteiger partial charge in [-0.1, -0.05) is 29.8 Å². The van der Waals surface area contributed by atoms with Gasteiger partial charge in [0.05, 0.1) is 30.8 Å². The number of hydrogen-bond acceptors (Lipinski definition) is 6. The maximum atomic E-state index is 11.5. The number of nitro groups is 1. The van der Waals surface area contributed by atoms with E-state index in [1.807, 2.05) is 23.1 Å². The van der Waals surface area contributed by atoms with Crippen molar-refractivity contribution in [3.63, 3.8) is 0 Å². The topological polar surface area (TPSA) is 85.1 Å². The number of halogens is 1. The average Bonchev–Trinajstić information content (AvgIpc) is 2.67. The zero-order chi connectivity index (χ0) is 19.6. The van der Waals surface area contributed by atoms with Gasteiger partial charge in [-0.05, 0) is 18.9 Å². The van der Waals surface area contributed by atoms with Gasteiger partial charge in [0.1, 0.15) is 5.69 Å². The fraction of sp³-hybridized carbons (Fsp3) is 0.368. The van der Waals surface area contributed by atoms with Crippen LogP contribution in [0.25, 0.3) is 0 Å². The Morgan fingerprint density at radius 1 is 1.15 bits per heavy atom. The third kappa shape index (κ3) is 3.65. The largest absolute Gasteiger partial charge is 0.493 e. The maximum Gasteiger partial charge on any atom is 0.296 e. The number of anilines is 1. The Kier molecular flexibility index (Phi) is 5.43. The predicted octanol–water partition coefficient (Wildman–Crippen LogP) is 3.75. The minimum Gasteiger partial charge on any atom is -0.493 e. The average molecular weight is 393 g/mol. The number of ether oxygens (including phenoxy) is 2. The van der Waals surface area contributed by atoms with Crippen LogP contribution in [0.3, 0.4) is 0 Å². The van der Waals surface area contributed by atoms with Crippen molar-refractivity contribution < 1.29 is 19.5 Å². The van der Waals surface area contributed by atoms with Crippen LogP contribution < -0.4 is 14.4 Å². The molecule has 3 rings (SSSR count). The van der Waals surface area contributed by atoms with Gasteiger partial charge in [-0.15, -0.1) is 0 Å². The first-order valence-corrected chi connectivity index (χ1v) is 8.90. The summed E-state index contributed by atoms with van der Waals surface area (Å²) in [6.45, 7) is 0.885. The summed E-state index contributed by atoms with van der Waals surface area (Å²) in [5.74, 6) is 0.725. The molecule has 0 aromatic heterocycles. The zero-order valence-corrected chi connectivity index (χ0v) is 15.9. The first-order valence-electron chi connectivity index (χ1n) is 8.52. The zero-order valence-electron chi connectivity index (χ0n) is 15.1. The summed E-state index contributed by atoms with van der Waals surface area (Å²) in [5.41, 5.74) is 0.0167. The lowest BCUT2D eigenvalue weighted by Gasteiger charge is -2.39. The molecule has 0 bridgehead atoms. The van der Waals surface area contributed by atoms with Gasteiger partial charge in [0.15, 0.2) is 11.5 Å². The first kappa shape index (κ1) is 19.3. The molecule has 2 aromatic rings. The van der Waals surface area contributed by atoms with Crippen LogP contribution in [-0.4, -0.2) is 37.3 Å². The molecule has 8 heteroatoms. The number of rotatable bonds is 5. The highest BCUT2D eigenvalue weighted by Gasteiger charge is 2.37. The maximum absolute atomic E-state index is 11.5. The van der Waals surface area contributed by atoms with Gasteiger partial charge in [-0.3, -0.25) is 10.1 Å². The van der Waals surface area contributed by atoms with Crippen molar-refractivity contribution in [1.29, 1.82) is 0 Å². The smallest absolute Gasteiger partial charge is 0.296 e. The molecule has 0 radical (unpaired) electrons. The van der Waals surface area contributed by atoms with Crippen LogP contribution in [0, 0.1) is 10.1 Å². The second-order valence-electron chi connectivity index (χ2n) is 6.45. The Hall–Kier alpha value is -2.51. The second kappa shape index (κ2) is 7.62. The van der Waals surface area contributed by atoms with E-state index in [0.29, 0.717) is 53.7 Å². The highest BCUT2D eigenvalue weighted by Crippen LogP contribution is 2.43. The van der Waals surface area contributed by atoms with Gasteiger partial charge in [-0.2, -0.15) is 0 Å². The molecular weight excluding hydrogens is 372 g/mol. The van der Waals surface area contributed by atoms with Crippen molar-refractivity contribution in [3.8, 4) is 11.5 Å². The van der Waals surface area contributed by atoms with Gasteiger partial charge in [0.2, 0.25) is 0 Å². The van der Waals surface area contributed by atoms with Crippen LogP contribution in [0.5, 0.6) is 11.5 Å². The van der Waals surface area contributed by atoms with Crippen molar-refractivity contribution in [2.24, 2.45) is 0 Å². The van der Waals surface area contributed by atoms with Crippen molar-refractivity contribution in [3.05, 3.63) is 57.1 Å². The Balaban J connectivity index is 1.90. The molecule has 144 valence electrons. The molecule has 0 spiro atoms. The molecule has 0 aliphatic carbocycles. The number of nitrogens with zero attached hydrogens (tertiary/aromatic N) is 2. The fourth-order valence-corrected chi connectivity index (χ4v) is 3.79. The van der Waals surface area contributed by atoms with Crippen LogP contribution in [0.1, 0.15) is 18.4 Å². The molecule has 0 saturated carbocycles. The molecule has 7 nitrogen and oxygen atoms in total. The SMILES string of the molecule is COc1cc(N2CCC(O)(c3ccccc3Cl)CC2)c([N+](=O)[O-])cc1OC. The Bertz CT molecular complexity index is 850. The summed E-state index contributed by atoms with van der Waals surface area (Å²) in [6.07, 6.45) is 0.810. The molecule has 1 fully saturated rings. The number of hydrogen-bond donors (Lipinski definition) is 1. The van der Waals surface area contributed by atoms with E-state index in [2.05, 4.69) is 0 Å². The second-order valence-corrected chi connectivity index (χ2v) is 6.86. The summed E-state index contributed by atoms with van der Waals surface area (Å²) < 4.78 is 10.5. The third-order valence-electron chi connectivity index (χ3n) is 4.98. The highest BCUT2D eigenvalue weighted by atomic mass is 35.5. The van der Waals surface area contributed by atoms with E-state index in [0.717, 1.165) is 0 Å². The van der Waals surface area contributed by atoms with E-state index < -0.39 is 10.5 Å². The minimum absolute atomic E-state index is 0.0594. The van der Waals surface area contributed by atoms with Gasteiger partial charge in [-0.25, -0.2) is 0 Å². The van der Waals surface area contributed by atoms with E-state index in [9.17, 15) is 15.2 Å². The number of nitro benzene ring substituents is 1.